The summed E-state index contributed by atoms with van der Waals surface area (Å²) in [6.07, 6.45) is 2.40. The highest BCUT2D eigenvalue weighted by Gasteiger charge is 2.59. The Bertz CT molecular complexity index is 211. The molecule has 1 atom stereocenters. The number of hydrogen-bond donors (Lipinski definition) is 2. The molecule has 0 bridgehead atoms. The van der Waals surface area contributed by atoms with Crippen LogP contribution in [-0.2, 0) is 4.74 Å². The molecule has 76 valence electrons. The Kier molecular flexibility index (Phi) is 1.79. The zero-order valence-electron chi connectivity index (χ0n) is 8.47. The van der Waals surface area contributed by atoms with E-state index < -0.39 is 11.1 Å². The van der Waals surface area contributed by atoms with Gasteiger partial charge in [0.25, 0.3) is 0 Å². The third kappa shape index (κ3) is 1.30. The fraction of sp³-hybridized carbons (Fsp3) is 1.00. The normalized spacial score (nSPS) is 41.5. The molecule has 1 unspecified atom stereocenters. The summed E-state index contributed by atoms with van der Waals surface area (Å²) in [5.41, 5.74) is 5.24. The van der Waals surface area contributed by atoms with Crippen molar-refractivity contribution in [1.29, 1.82) is 0 Å². The van der Waals surface area contributed by atoms with E-state index >= 15 is 0 Å². The van der Waals surface area contributed by atoms with Gasteiger partial charge in [-0.15, -0.1) is 0 Å². The van der Waals surface area contributed by atoms with E-state index in [1.54, 1.807) is 0 Å². The van der Waals surface area contributed by atoms with Gasteiger partial charge >= 0.3 is 0 Å². The highest BCUT2D eigenvalue weighted by molar-refractivity contribution is 5.15. The third-order valence-electron chi connectivity index (χ3n) is 3.52. The van der Waals surface area contributed by atoms with E-state index in [0.717, 1.165) is 19.3 Å². The van der Waals surface area contributed by atoms with Gasteiger partial charge in [-0.05, 0) is 24.7 Å². The lowest BCUT2D eigenvalue weighted by Crippen LogP contribution is -2.69. The maximum Gasteiger partial charge on any atom is 0.0860 e. The first-order valence-corrected chi connectivity index (χ1v) is 4.96. The highest BCUT2D eigenvalue weighted by atomic mass is 16.5. The van der Waals surface area contributed by atoms with Gasteiger partial charge in [-0.1, -0.05) is 13.8 Å². The van der Waals surface area contributed by atoms with Crippen molar-refractivity contribution in [3.8, 4) is 0 Å². The van der Waals surface area contributed by atoms with E-state index in [4.69, 9.17) is 10.5 Å². The van der Waals surface area contributed by atoms with Crippen molar-refractivity contribution >= 4 is 0 Å². The van der Waals surface area contributed by atoms with Gasteiger partial charge in [0.1, 0.15) is 0 Å². The van der Waals surface area contributed by atoms with E-state index in [9.17, 15) is 5.11 Å². The standard InChI is InChI=1S/C10H19NO2/c1-8(2)5-10(12,6-8)9(11)3-4-13-7-9/h12H,3-7,11H2,1-2H3. The number of nitrogens with two attached hydrogens (primary N) is 1. The second-order valence-electron chi connectivity index (χ2n) is 5.51. The Morgan fingerprint density at radius 1 is 1.31 bits per heavy atom. The van der Waals surface area contributed by atoms with Crippen LogP contribution >= 0.6 is 0 Å². The topological polar surface area (TPSA) is 55.5 Å². The minimum absolute atomic E-state index is 0.254. The molecule has 1 aliphatic heterocycles. The molecular formula is C10H19NO2. The molecular weight excluding hydrogens is 166 g/mol. The molecule has 2 fully saturated rings. The zero-order chi connectivity index (χ0) is 9.74. The number of rotatable bonds is 1. The van der Waals surface area contributed by atoms with Gasteiger partial charge in [0.05, 0.1) is 17.7 Å². The van der Waals surface area contributed by atoms with Gasteiger partial charge in [0.2, 0.25) is 0 Å². The van der Waals surface area contributed by atoms with Crippen LogP contribution in [0, 0.1) is 5.41 Å². The summed E-state index contributed by atoms with van der Waals surface area (Å²) >= 11 is 0. The van der Waals surface area contributed by atoms with Crippen molar-refractivity contribution < 1.29 is 9.84 Å². The van der Waals surface area contributed by atoms with Crippen LogP contribution in [0.25, 0.3) is 0 Å². The molecule has 3 heteroatoms. The van der Waals surface area contributed by atoms with Crippen molar-refractivity contribution in [2.75, 3.05) is 13.2 Å². The molecule has 0 aromatic heterocycles. The van der Waals surface area contributed by atoms with Crippen LogP contribution in [-0.4, -0.2) is 29.5 Å². The molecule has 0 radical (unpaired) electrons. The van der Waals surface area contributed by atoms with Crippen LogP contribution in [0.15, 0.2) is 0 Å². The van der Waals surface area contributed by atoms with Crippen LogP contribution in [0.4, 0.5) is 0 Å². The summed E-state index contributed by atoms with van der Waals surface area (Å²) in [6, 6.07) is 0. The number of ether oxygens (including phenoxy) is 1. The summed E-state index contributed by atoms with van der Waals surface area (Å²) in [5.74, 6) is 0. The third-order valence-corrected chi connectivity index (χ3v) is 3.52. The smallest absolute Gasteiger partial charge is 0.0860 e. The minimum atomic E-state index is -0.674. The van der Waals surface area contributed by atoms with E-state index in [1.807, 2.05) is 0 Å². The van der Waals surface area contributed by atoms with Crippen LogP contribution < -0.4 is 5.73 Å². The molecule has 0 aromatic rings. The summed E-state index contributed by atoms with van der Waals surface area (Å²) < 4.78 is 5.27. The molecule has 1 heterocycles. The first-order chi connectivity index (χ1) is 5.87. The van der Waals surface area contributed by atoms with Gasteiger partial charge < -0.3 is 15.6 Å². The Labute approximate surface area is 79.3 Å². The average Bonchev–Trinajstić information content (AvgIpc) is 2.32. The number of hydrogen-bond acceptors (Lipinski definition) is 3. The van der Waals surface area contributed by atoms with Crippen molar-refractivity contribution in [2.24, 2.45) is 11.1 Å². The Balaban J connectivity index is 2.09. The molecule has 0 amide bonds. The SMILES string of the molecule is CC1(C)CC(O)(C2(N)CCOC2)C1. The first-order valence-electron chi connectivity index (χ1n) is 4.96. The van der Waals surface area contributed by atoms with Crippen molar-refractivity contribution in [3.05, 3.63) is 0 Å². The van der Waals surface area contributed by atoms with Gasteiger partial charge in [0.15, 0.2) is 0 Å². The van der Waals surface area contributed by atoms with Crippen molar-refractivity contribution in [3.63, 3.8) is 0 Å². The van der Waals surface area contributed by atoms with E-state index in [2.05, 4.69) is 13.8 Å². The molecule has 1 aliphatic carbocycles. The summed E-state index contributed by atoms with van der Waals surface area (Å²) in [5, 5.41) is 10.3. The Hall–Kier alpha value is -0.120. The monoisotopic (exact) mass is 185 g/mol. The molecule has 0 aromatic carbocycles. The van der Waals surface area contributed by atoms with Gasteiger partial charge in [0, 0.05) is 6.61 Å². The predicted molar refractivity (Wildman–Crippen MR) is 50.3 cm³/mol. The first kappa shape index (κ1) is 9.44. The molecule has 3 N–H and O–H groups in total. The maximum atomic E-state index is 10.3. The predicted octanol–water partition coefficient (Wildman–Crippen LogP) is 0.655. The van der Waals surface area contributed by atoms with Crippen LogP contribution in [0.3, 0.4) is 0 Å². The summed E-state index contributed by atoms with van der Waals surface area (Å²) in [7, 11) is 0. The van der Waals surface area contributed by atoms with Gasteiger partial charge in [-0.2, -0.15) is 0 Å². The van der Waals surface area contributed by atoms with Crippen molar-refractivity contribution in [2.45, 2.75) is 44.2 Å². The van der Waals surface area contributed by atoms with E-state index in [0.29, 0.717) is 13.2 Å². The average molecular weight is 185 g/mol. The fourth-order valence-corrected chi connectivity index (χ4v) is 2.83. The second-order valence-corrected chi connectivity index (χ2v) is 5.51. The lowest BCUT2D eigenvalue weighted by atomic mass is 9.54. The lowest BCUT2D eigenvalue weighted by Gasteiger charge is -2.56. The molecule has 13 heavy (non-hydrogen) atoms. The fourth-order valence-electron chi connectivity index (χ4n) is 2.83. The molecule has 2 rings (SSSR count). The van der Waals surface area contributed by atoms with E-state index in [-0.39, 0.29) is 5.41 Å². The molecule has 1 saturated carbocycles. The molecule has 1 saturated heterocycles. The highest BCUT2D eigenvalue weighted by Crippen LogP contribution is 2.53. The van der Waals surface area contributed by atoms with Crippen LogP contribution in [0.1, 0.15) is 33.1 Å². The Morgan fingerprint density at radius 3 is 2.31 bits per heavy atom. The van der Waals surface area contributed by atoms with Crippen molar-refractivity contribution in [1.82, 2.24) is 0 Å². The zero-order valence-corrected chi connectivity index (χ0v) is 8.47. The lowest BCUT2D eigenvalue weighted by molar-refractivity contribution is -0.160. The van der Waals surface area contributed by atoms with E-state index in [1.165, 1.54) is 0 Å². The minimum Gasteiger partial charge on any atom is -0.388 e. The van der Waals surface area contributed by atoms with Crippen LogP contribution in [0.2, 0.25) is 0 Å². The summed E-state index contributed by atoms with van der Waals surface area (Å²) in [4.78, 5) is 0. The molecule has 0 spiro atoms. The number of aliphatic hydroxyl groups is 1. The second kappa shape index (κ2) is 2.47. The maximum absolute atomic E-state index is 10.3. The largest absolute Gasteiger partial charge is 0.388 e. The van der Waals surface area contributed by atoms with Gasteiger partial charge in [-0.3, -0.25) is 0 Å². The molecule has 3 nitrogen and oxygen atoms in total. The van der Waals surface area contributed by atoms with Gasteiger partial charge in [-0.25, -0.2) is 0 Å². The molecule has 2 aliphatic rings. The summed E-state index contributed by atoms with van der Waals surface area (Å²) in [6.45, 7) is 5.54. The quantitative estimate of drug-likeness (QED) is 0.631. The Morgan fingerprint density at radius 2 is 1.92 bits per heavy atom. The van der Waals surface area contributed by atoms with Crippen LogP contribution in [0.5, 0.6) is 0 Å².